The molecule has 3 aromatic carbocycles. The van der Waals surface area contributed by atoms with Crippen molar-refractivity contribution in [2.75, 3.05) is 6.61 Å². The summed E-state index contributed by atoms with van der Waals surface area (Å²) >= 11 is 5.88. The fourth-order valence-corrected chi connectivity index (χ4v) is 2.49. The van der Waals surface area contributed by atoms with E-state index in [1.807, 2.05) is 54.6 Å². The second-order valence-corrected chi connectivity index (χ2v) is 5.80. The number of ether oxygens (including phenoxy) is 1. The fourth-order valence-electron chi connectivity index (χ4n) is 2.37. The Morgan fingerprint density at radius 1 is 0.783 bits per heavy atom. The highest BCUT2D eigenvalue weighted by molar-refractivity contribution is 6.30. The first-order chi connectivity index (χ1) is 11.2. The van der Waals surface area contributed by atoms with Crippen LogP contribution < -0.4 is 10.5 Å². The third kappa shape index (κ3) is 4.13. The molecular formula is C20H18ClNO. The van der Waals surface area contributed by atoms with E-state index in [4.69, 9.17) is 22.1 Å². The van der Waals surface area contributed by atoms with Gasteiger partial charge in [-0.1, -0.05) is 66.2 Å². The molecule has 0 aromatic heterocycles. The summed E-state index contributed by atoms with van der Waals surface area (Å²) in [6.45, 7) is 0.423. The smallest absolute Gasteiger partial charge is 0.119 e. The lowest BCUT2D eigenvalue weighted by molar-refractivity contribution is 0.290. The molecule has 3 aromatic rings. The van der Waals surface area contributed by atoms with E-state index in [1.54, 1.807) is 0 Å². The van der Waals surface area contributed by atoms with Crippen LogP contribution in [0.25, 0.3) is 11.1 Å². The molecule has 1 atom stereocenters. The van der Waals surface area contributed by atoms with E-state index in [9.17, 15) is 0 Å². The largest absolute Gasteiger partial charge is 0.492 e. The Balaban J connectivity index is 1.61. The molecule has 0 saturated carbocycles. The summed E-state index contributed by atoms with van der Waals surface area (Å²) in [5.41, 5.74) is 9.51. The Hall–Kier alpha value is -2.29. The molecule has 0 saturated heterocycles. The van der Waals surface area contributed by atoms with Gasteiger partial charge >= 0.3 is 0 Å². The van der Waals surface area contributed by atoms with Gasteiger partial charge in [-0.2, -0.15) is 0 Å². The zero-order chi connectivity index (χ0) is 16.1. The van der Waals surface area contributed by atoms with Gasteiger partial charge < -0.3 is 10.5 Å². The maximum Gasteiger partial charge on any atom is 0.119 e. The summed E-state index contributed by atoms with van der Waals surface area (Å²) < 4.78 is 5.79. The van der Waals surface area contributed by atoms with E-state index >= 15 is 0 Å². The second-order valence-electron chi connectivity index (χ2n) is 5.36. The zero-order valence-electron chi connectivity index (χ0n) is 12.7. The monoisotopic (exact) mass is 323 g/mol. The van der Waals surface area contributed by atoms with E-state index in [1.165, 1.54) is 11.1 Å². The first-order valence-electron chi connectivity index (χ1n) is 7.52. The molecule has 2 N–H and O–H groups in total. The van der Waals surface area contributed by atoms with Crippen molar-refractivity contribution in [1.82, 2.24) is 0 Å². The fraction of sp³-hybridized carbons (Fsp3) is 0.100. The minimum atomic E-state index is -0.180. The number of hydrogen-bond acceptors (Lipinski definition) is 2. The van der Waals surface area contributed by atoms with Crippen molar-refractivity contribution in [2.24, 2.45) is 5.73 Å². The number of rotatable bonds is 5. The number of hydrogen-bond donors (Lipinski definition) is 1. The van der Waals surface area contributed by atoms with Crippen molar-refractivity contribution in [3.8, 4) is 16.9 Å². The van der Waals surface area contributed by atoms with Crippen LogP contribution in [0.4, 0.5) is 0 Å². The van der Waals surface area contributed by atoms with Crippen LogP contribution in [-0.4, -0.2) is 6.61 Å². The molecule has 23 heavy (non-hydrogen) atoms. The first-order valence-corrected chi connectivity index (χ1v) is 7.89. The van der Waals surface area contributed by atoms with Gasteiger partial charge in [-0.15, -0.1) is 0 Å². The molecule has 0 amide bonds. The lowest BCUT2D eigenvalue weighted by Crippen LogP contribution is -2.18. The van der Waals surface area contributed by atoms with Crippen LogP contribution in [0.5, 0.6) is 5.75 Å². The van der Waals surface area contributed by atoms with Crippen molar-refractivity contribution in [1.29, 1.82) is 0 Å². The predicted octanol–water partition coefficient (Wildman–Crippen LogP) is 5.09. The highest BCUT2D eigenvalue weighted by Gasteiger charge is 2.07. The maximum absolute atomic E-state index is 6.15. The molecule has 0 bridgehead atoms. The topological polar surface area (TPSA) is 35.2 Å². The van der Waals surface area contributed by atoms with Gasteiger partial charge in [0.05, 0.1) is 6.04 Å². The van der Waals surface area contributed by atoms with E-state index in [0.29, 0.717) is 11.6 Å². The van der Waals surface area contributed by atoms with E-state index in [0.717, 1.165) is 11.3 Å². The van der Waals surface area contributed by atoms with Crippen LogP contribution in [0.1, 0.15) is 11.6 Å². The van der Waals surface area contributed by atoms with E-state index < -0.39 is 0 Å². The van der Waals surface area contributed by atoms with E-state index in [2.05, 4.69) is 24.3 Å². The molecule has 0 radical (unpaired) electrons. The summed E-state index contributed by atoms with van der Waals surface area (Å²) in [5, 5.41) is 0.707. The molecule has 3 rings (SSSR count). The summed E-state index contributed by atoms with van der Waals surface area (Å²) in [6, 6.07) is 25.7. The van der Waals surface area contributed by atoms with E-state index in [-0.39, 0.29) is 6.04 Å². The van der Waals surface area contributed by atoms with Crippen LogP contribution in [0.2, 0.25) is 5.02 Å². The van der Waals surface area contributed by atoms with Gasteiger partial charge in [0.2, 0.25) is 0 Å². The zero-order valence-corrected chi connectivity index (χ0v) is 13.4. The van der Waals surface area contributed by atoms with Gasteiger partial charge in [0.25, 0.3) is 0 Å². The van der Waals surface area contributed by atoms with Gasteiger partial charge in [0.15, 0.2) is 0 Å². The predicted molar refractivity (Wildman–Crippen MR) is 95.8 cm³/mol. The Kier molecular flexibility index (Phi) is 4.96. The molecule has 0 fully saturated rings. The van der Waals surface area contributed by atoms with Crippen LogP contribution >= 0.6 is 11.6 Å². The average molecular weight is 324 g/mol. The quantitative estimate of drug-likeness (QED) is 0.710. The molecule has 0 heterocycles. The summed E-state index contributed by atoms with van der Waals surface area (Å²) in [5.74, 6) is 0.814. The summed E-state index contributed by atoms with van der Waals surface area (Å²) in [6.07, 6.45) is 0. The Labute approximate surface area is 141 Å². The molecule has 0 aliphatic rings. The van der Waals surface area contributed by atoms with Gasteiger partial charge in [0.1, 0.15) is 12.4 Å². The first kappa shape index (κ1) is 15.6. The van der Waals surface area contributed by atoms with Crippen LogP contribution in [0.15, 0.2) is 78.9 Å². The summed E-state index contributed by atoms with van der Waals surface area (Å²) in [7, 11) is 0. The Morgan fingerprint density at radius 2 is 1.39 bits per heavy atom. The van der Waals surface area contributed by atoms with Crippen LogP contribution in [0, 0.1) is 0 Å². The van der Waals surface area contributed by atoms with Crippen molar-refractivity contribution in [3.63, 3.8) is 0 Å². The third-order valence-electron chi connectivity index (χ3n) is 3.69. The maximum atomic E-state index is 6.15. The van der Waals surface area contributed by atoms with Crippen molar-refractivity contribution >= 4 is 11.6 Å². The summed E-state index contributed by atoms with van der Waals surface area (Å²) in [4.78, 5) is 0. The Bertz CT molecular complexity index is 739. The van der Waals surface area contributed by atoms with Crippen molar-refractivity contribution in [3.05, 3.63) is 89.4 Å². The molecule has 1 unspecified atom stereocenters. The molecule has 0 aliphatic carbocycles. The van der Waals surface area contributed by atoms with Crippen LogP contribution in [0.3, 0.4) is 0 Å². The van der Waals surface area contributed by atoms with Gasteiger partial charge in [-0.3, -0.25) is 0 Å². The molecule has 116 valence electrons. The number of benzene rings is 3. The van der Waals surface area contributed by atoms with Gasteiger partial charge in [0, 0.05) is 5.02 Å². The minimum absolute atomic E-state index is 0.180. The lowest BCUT2D eigenvalue weighted by Gasteiger charge is -2.14. The molecular weight excluding hydrogens is 306 g/mol. The molecule has 2 nitrogen and oxygen atoms in total. The molecule has 3 heteroatoms. The standard InChI is InChI=1S/C20H18ClNO/c21-18-10-6-17(7-11-18)20(22)14-23-19-12-8-16(9-13-19)15-4-2-1-3-5-15/h1-13,20H,14,22H2. The number of nitrogens with two attached hydrogens (primary N) is 1. The van der Waals surface area contributed by atoms with Crippen molar-refractivity contribution < 1.29 is 4.74 Å². The van der Waals surface area contributed by atoms with Gasteiger partial charge in [-0.05, 0) is 41.0 Å². The van der Waals surface area contributed by atoms with Crippen molar-refractivity contribution in [2.45, 2.75) is 6.04 Å². The number of halogens is 1. The lowest BCUT2D eigenvalue weighted by atomic mass is 10.1. The Morgan fingerprint density at radius 3 is 2.04 bits per heavy atom. The third-order valence-corrected chi connectivity index (χ3v) is 3.94. The highest BCUT2D eigenvalue weighted by Crippen LogP contribution is 2.23. The average Bonchev–Trinajstić information content (AvgIpc) is 2.61. The SMILES string of the molecule is NC(COc1ccc(-c2ccccc2)cc1)c1ccc(Cl)cc1. The molecule has 0 aliphatic heterocycles. The minimum Gasteiger partial charge on any atom is -0.492 e. The van der Waals surface area contributed by atoms with Crippen LogP contribution in [-0.2, 0) is 0 Å². The normalized spacial score (nSPS) is 11.9. The van der Waals surface area contributed by atoms with Gasteiger partial charge in [-0.25, -0.2) is 0 Å². The second kappa shape index (κ2) is 7.32. The molecule has 0 spiro atoms. The highest BCUT2D eigenvalue weighted by atomic mass is 35.5.